The molecule has 2 aromatic rings. The number of ether oxygens (including phenoxy) is 1. The van der Waals surface area contributed by atoms with Crippen molar-refractivity contribution in [3.05, 3.63) is 65.7 Å². The normalized spacial score (nSPS) is 17.9. The smallest absolute Gasteiger partial charge is 0.247 e. The lowest BCUT2D eigenvalue weighted by Crippen LogP contribution is -2.26. The third-order valence-corrected chi connectivity index (χ3v) is 4.83. The Kier molecular flexibility index (Phi) is 4.09. The molecule has 2 aromatic carbocycles. The van der Waals surface area contributed by atoms with Gasteiger partial charge in [-0.2, -0.15) is 9.52 Å². The molecule has 120 valence electrons. The molecule has 0 saturated carbocycles. The Labute approximate surface area is 136 Å². The molecule has 0 unspecified atom stereocenters. The standard InChI is InChI=1S/C17H18N2O3S/c1-22-17-11-7-6-10-14(17)16-12-15(13-8-4-3-5-9-13)18-19(16)23(2,20)21/h3-11,16H,12H2,1-2H3/t16-/m1/s1. The van der Waals surface area contributed by atoms with Crippen LogP contribution >= 0.6 is 0 Å². The molecule has 3 rings (SSSR count). The molecule has 0 aliphatic carbocycles. The molecule has 0 N–H and O–H groups in total. The Bertz CT molecular complexity index is 832. The van der Waals surface area contributed by atoms with Crippen molar-refractivity contribution >= 4 is 15.7 Å². The largest absolute Gasteiger partial charge is 0.496 e. The number of methoxy groups -OCH3 is 1. The molecule has 1 aliphatic rings. The molecule has 0 saturated heterocycles. The zero-order chi connectivity index (χ0) is 16.4. The van der Waals surface area contributed by atoms with E-state index in [1.54, 1.807) is 7.11 Å². The van der Waals surface area contributed by atoms with Gasteiger partial charge in [-0.05, 0) is 11.6 Å². The molecule has 5 nitrogen and oxygen atoms in total. The van der Waals surface area contributed by atoms with Crippen LogP contribution in [-0.2, 0) is 10.0 Å². The summed E-state index contributed by atoms with van der Waals surface area (Å²) in [6.07, 6.45) is 1.68. The van der Waals surface area contributed by atoms with E-state index in [0.717, 1.165) is 16.8 Å². The number of rotatable bonds is 4. The van der Waals surface area contributed by atoms with Gasteiger partial charge in [0.05, 0.1) is 25.1 Å². The Morgan fingerprint density at radius 2 is 1.74 bits per heavy atom. The van der Waals surface area contributed by atoms with Gasteiger partial charge in [0.1, 0.15) is 5.75 Å². The minimum absolute atomic E-state index is 0.392. The first-order chi connectivity index (χ1) is 11.0. The summed E-state index contributed by atoms with van der Waals surface area (Å²) < 4.78 is 30.9. The summed E-state index contributed by atoms with van der Waals surface area (Å²) in [5.41, 5.74) is 2.50. The van der Waals surface area contributed by atoms with Crippen LogP contribution in [0, 0.1) is 0 Å². The molecule has 1 aliphatic heterocycles. The maximum absolute atomic E-state index is 12.2. The second-order valence-corrected chi connectivity index (χ2v) is 7.25. The minimum atomic E-state index is -3.48. The van der Waals surface area contributed by atoms with Gasteiger partial charge in [-0.25, -0.2) is 8.42 Å². The molecule has 0 amide bonds. The van der Waals surface area contributed by atoms with Gasteiger partial charge in [-0.3, -0.25) is 0 Å². The number of nitrogens with zero attached hydrogens (tertiary/aromatic N) is 2. The predicted molar refractivity (Wildman–Crippen MR) is 90.0 cm³/mol. The maximum atomic E-state index is 12.2. The minimum Gasteiger partial charge on any atom is -0.496 e. The summed E-state index contributed by atoms with van der Waals surface area (Å²) in [7, 11) is -1.89. The second kappa shape index (κ2) is 6.04. The number of para-hydroxylation sites is 1. The highest BCUT2D eigenvalue weighted by molar-refractivity contribution is 7.88. The van der Waals surface area contributed by atoms with Crippen molar-refractivity contribution in [2.24, 2.45) is 5.10 Å². The molecule has 0 aromatic heterocycles. The Morgan fingerprint density at radius 3 is 2.39 bits per heavy atom. The van der Waals surface area contributed by atoms with Crippen molar-refractivity contribution in [2.75, 3.05) is 13.4 Å². The van der Waals surface area contributed by atoms with Crippen molar-refractivity contribution in [3.63, 3.8) is 0 Å². The van der Waals surface area contributed by atoms with Crippen LogP contribution < -0.4 is 4.74 Å². The van der Waals surface area contributed by atoms with E-state index in [9.17, 15) is 8.42 Å². The molecule has 23 heavy (non-hydrogen) atoms. The van der Waals surface area contributed by atoms with Gasteiger partial charge >= 0.3 is 0 Å². The van der Waals surface area contributed by atoms with E-state index >= 15 is 0 Å². The van der Waals surface area contributed by atoms with Crippen LogP contribution in [0.5, 0.6) is 5.75 Å². The monoisotopic (exact) mass is 330 g/mol. The quantitative estimate of drug-likeness (QED) is 0.866. The third-order valence-electron chi connectivity index (χ3n) is 3.82. The molecule has 1 heterocycles. The zero-order valence-electron chi connectivity index (χ0n) is 13.0. The zero-order valence-corrected chi connectivity index (χ0v) is 13.8. The van der Waals surface area contributed by atoms with Crippen LogP contribution in [0.4, 0.5) is 0 Å². The van der Waals surface area contributed by atoms with E-state index in [1.165, 1.54) is 10.7 Å². The van der Waals surface area contributed by atoms with Gasteiger partial charge in [0.25, 0.3) is 0 Å². The Morgan fingerprint density at radius 1 is 1.09 bits per heavy atom. The van der Waals surface area contributed by atoms with E-state index in [1.807, 2.05) is 54.6 Å². The van der Waals surface area contributed by atoms with E-state index in [2.05, 4.69) is 5.10 Å². The number of hydrazone groups is 1. The maximum Gasteiger partial charge on any atom is 0.247 e. The van der Waals surface area contributed by atoms with Crippen LogP contribution in [0.25, 0.3) is 0 Å². The van der Waals surface area contributed by atoms with Crippen molar-refractivity contribution in [1.82, 2.24) is 4.41 Å². The first-order valence-electron chi connectivity index (χ1n) is 7.26. The molecule has 1 atom stereocenters. The van der Waals surface area contributed by atoms with E-state index in [-0.39, 0.29) is 0 Å². The van der Waals surface area contributed by atoms with Gasteiger partial charge < -0.3 is 4.74 Å². The molecule has 0 spiro atoms. The lowest BCUT2D eigenvalue weighted by Gasteiger charge is -2.23. The fraction of sp³-hybridized carbons (Fsp3) is 0.235. The highest BCUT2D eigenvalue weighted by Gasteiger charge is 2.35. The lowest BCUT2D eigenvalue weighted by atomic mass is 9.98. The fourth-order valence-corrected chi connectivity index (χ4v) is 3.67. The van der Waals surface area contributed by atoms with Crippen LogP contribution in [0.15, 0.2) is 59.7 Å². The average Bonchev–Trinajstić information content (AvgIpc) is 3.01. The Hall–Kier alpha value is -2.34. The van der Waals surface area contributed by atoms with Gasteiger partial charge in [0.2, 0.25) is 10.0 Å². The molecular formula is C17H18N2O3S. The summed E-state index contributed by atoms with van der Waals surface area (Å²) >= 11 is 0. The van der Waals surface area contributed by atoms with Gasteiger partial charge in [0, 0.05) is 12.0 Å². The second-order valence-electron chi connectivity index (χ2n) is 5.41. The molecule has 0 radical (unpaired) electrons. The van der Waals surface area contributed by atoms with E-state index in [0.29, 0.717) is 12.2 Å². The number of sulfonamides is 1. The first kappa shape index (κ1) is 15.6. The first-order valence-corrected chi connectivity index (χ1v) is 9.11. The Balaban J connectivity index is 2.05. The van der Waals surface area contributed by atoms with E-state index in [4.69, 9.17) is 4.74 Å². The number of benzene rings is 2. The van der Waals surface area contributed by atoms with Crippen LogP contribution in [-0.4, -0.2) is 31.9 Å². The summed E-state index contributed by atoms with van der Waals surface area (Å²) in [6, 6.07) is 16.7. The molecule has 0 bridgehead atoms. The number of hydrogen-bond acceptors (Lipinski definition) is 4. The topological polar surface area (TPSA) is 59.0 Å². The summed E-state index contributed by atoms with van der Waals surface area (Å²) in [4.78, 5) is 0. The van der Waals surface area contributed by atoms with Crippen molar-refractivity contribution < 1.29 is 13.2 Å². The summed E-state index contributed by atoms with van der Waals surface area (Å²) in [6.45, 7) is 0. The van der Waals surface area contributed by atoms with Crippen LogP contribution in [0.3, 0.4) is 0 Å². The van der Waals surface area contributed by atoms with Gasteiger partial charge in [-0.15, -0.1) is 0 Å². The highest BCUT2D eigenvalue weighted by Crippen LogP contribution is 2.38. The van der Waals surface area contributed by atoms with Crippen molar-refractivity contribution in [3.8, 4) is 5.75 Å². The lowest BCUT2D eigenvalue weighted by molar-refractivity contribution is 0.352. The summed E-state index contributed by atoms with van der Waals surface area (Å²) in [5.74, 6) is 0.663. The number of hydrogen-bond donors (Lipinski definition) is 0. The van der Waals surface area contributed by atoms with Crippen LogP contribution in [0.2, 0.25) is 0 Å². The average molecular weight is 330 g/mol. The predicted octanol–water partition coefficient (Wildman–Crippen LogP) is 2.81. The van der Waals surface area contributed by atoms with Gasteiger partial charge in [-0.1, -0.05) is 48.5 Å². The molecule has 6 heteroatoms. The molecule has 0 fully saturated rings. The van der Waals surface area contributed by atoms with E-state index < -0.39 is 16.1 Å². The fourth-order valence-electron chi connectivity index (χ4n) is 2.77. The van der Waals surface area contributed by atoms with Crippen molar-refractivity contribution in [2.45, 2.75) is 12.5 Å². The van der Waals surface area contributed by atoms with Crippen LogP contribution in [0.1, 0.15) is 23.6 Å². The third kappa shape index (κ3) is 3.07. The van der Waals surface area contributed by atoms with Crippen molar-refractivity contribution in [1.29, 1.82) is 0 Å². The van der Waals surface area contributed by atoms with Gasteiger partial charge in [0.15, 0.2) is 0 Å². The highest BCUT2D eigenvalue weighted by atomic mass is 32.2. The molecular weight excluding hydrogens is 312 g/mol. The summed E-state index contributed by atoms with van der Waals surface area (Å²) in [5, 5.41) is 4.37. The SMILES string of the molecule is COc1ccccc1[C@H]1CC(c2ccccc2)=NN1S(C)(=O)=O.